The van der Waals surface area contributed by atoms with Gasteiger partial charge < -0.3 is 39.6 Å². The molecule has 0 bridgehead atoms. The fraction of sp³-hybridized carbons (Fsp3) is 0.571. The number of anilines is 2. The predicted molar refractivity (Wildman–Crippen MR) is 210 cm³/mol. The average molecular weight is 743 g/mol. The molecule has 4 aliphatic rings. The van der Waals surface area contributed by atoms with Gasteiger partial charge in [0.2, 0.25) is 0 Å². The van der Waals surface area contributed by atoms with Crippen molar-refractivity contribution in [1.29, 1.82) is 0 Å². The van der Waals surface area contributed by atoms with Crippen LogP contribution in [0.25, 0.3) is 0 Å². The molecule has 2 aromatic carbocycles. The van der Waals surface area contributed by atoms with Gasteiger partial charge in [-0.15, -0.1) is 0 Å². The van der Waals surface area contributed by atoms with Crippen LogP contribution in [0.4, 0.5) is 11.5 Å². The molecule has 3 aliphatic heterocycles. The van der Waals surface area contributed by atoms with Gasteiger partial charge >= 0.3 is 0 Å². The number of amides is 1. The van der Waals surface area contributed by atoms with Crippen LogP contribution in [-0.4, -0.2) is 123 Å². The van der Waals surface area contributed by atoms with E-state index < -0.39 is 0 Å². The quantitative estimate of drug-likeness (QED) is 0.133. The SMILES string of the molecule is COc1ccnc(N2CCOC3(CCN(Cc4cccc(CCOCCN(CCNCCc5ccc(O)c6c5OCC(=O)N6)C5CCCC5)c4)CC3)C2)c1. The number of hydrogen-bond donors (Lipinski definition) is 3. The van der Waals surface area contributed by atoms with Crippen molar-refractivity contribution in [1.82, 2.24) is 20.1 Å². The van der Waals surface area contributed by atoms with Gasteiger partial charge in [-0.05, 0) is 73.9 Å². The number of carbonyl (C=O) groups excluding carboxylic acids is 1. The number of benzene rings is 2. The molecule has 0 radical (unpaired) electrons. The van der Waals surface area contributed by atoms with Crippen molar-refractivity contribution in [3.63, 3.8) is 0 Å². The summed E-state index contributed by atoms with van der Waals surface area (Å²) in [6.07, 6.45) is 10.7. The first-order chi connectivity index (χ1) is 26.5. The molecule has 12 heteroatoms. The van der Waals surface area contributed by atoms with Gasteiger partial charge in [0.05, 0.1) is 32.5 Å². The van der Waals surface area contributed by atoms with E-state index >= 15 is 0 Å². The van der Waals surface area contributed by atoms with Crippen LogP contribution < -0.4 is 25.0 Å². The standard InChI is InChI=1S/C42H58N6O6/c1-51-36-12-17-44-38(28-36)48-23-26-54-42(31-48)14-19-46(20-15-42)29-33-6-4-5-32(27-33)13-24-52-25-22-47(35-7-2-3-8-35)21-18-43-16-11-34-9-10-37(49)40-41(34)53-30-39(50)45-40/h4-6,9-10,12,17,27-28,35,43,49H,2-3,7-8,11,13-16,18-26,29-31H2,1H3,(H,45,50). The fourth-order valence-electron chi connectivity index (χ4n) is 8.51. The number of pyridine rings is 1. The molecule has 3 fully saturated rings. The molecule has 1 saturated carbocycles. The number of methoxy groups -OCH3 is 1. The second-order valence-electron chi connectivity index (χ2n) is 15.2. The van der Waals surface area contributed by atoms with Gasteiger partial charge in [-0.1, -0.05) is 43.2 Å². The Balaban J connectivity index is 0.806. The molecular weight excluding hydrogens is 684 g/mol. The molecule has 1 aromatic heterocycles. The summed E-state index contributed by atoms with van der Waals surface area (Å²) < 4.78 is 23.7. The maximum atomic E-state index is 11.7. The van der Waals surface area contributed by atoms with Crippen LogP contribution in [-0.2, 0) is 33.7 Å². The number of hydrogen-bond acceptors (Lipinski definition) is 11. The van der Waals surface area contributed by atoms with Crippen molar-refractivity contribution in [3.05, 3.63) is 71.4 Å². The molecule has 54 heavy (non-hydrogen) atoms. The Morgan fingerprint density at radius 3 is 2.72 bits per heavy atom. The highest BCUT2D eigenvalue weighted by Gasteiger charge is 2.40. The summed E-state index contributed by atoms with van der Waals surface area (Å²) in [6, 6.07) is 17.1. The Bertz CT molecular complexity index is 1680. The lowest BCUT2D eigenvalue weighted by molar-refractivity contribution is -0.118. The number of morpholine rings is 1. The zero-order valence-electron chi connectivity index (χ0n) is 31.9. The number of piperidine rings is 1. The largest absolute Gasteiger partial charge is 0.506 e. The molecule has 4 heterocycles. The van der Waals surface area contributed by atoms with E-state index in [2.05, 4.69) is 54.6 Å². The Kier molecular flexibility index (Phi) is 13.2. The molecule has 1 spiro atoms. The van der Waals surface area contributed by atoms with E-state index in [1.807, 2.05) is 24.4 Å². The van der Waals surface area contributed by atoms with Gasteiger partial charge in [-0.2, -0.15) is 0 Å². The number of phenolic OH excluding ortho intramolecular Hbond substituents is 1. The summed E-state index contributed by atoms with van der Waals surface area (Å²) in [4.78, 5) is 23.9. The zero-order chi connectivity index (χ0) is 37.2. The second kappa shape index (κ2) is 18.6. The molecule has 292 valence electrons. The molecule has 3 N–H and O–H groups in total. The smallest absolute Gasteiger partial charge is 0.262 e. The number of likely N-dealkylation sites (tertiary alicyclic amines) is 1. The molecule has 0 unspecified atom stereocenters. The summed E-state index contributed by atoms with van der Waals surface area (Å²) in [5.74, 6) is 2.17. The number of aromatic nitrogens is 1. The van der Waals surface area contributed by atoms with Gasteiger partial charge in [0.1, 0.15) is 23.0 Å². The maximum absolute atomic E-state index is 11.7. The lowest BCUT2D eigenvalue weighted by Crippen LogP contribution is -2.57. The van der Waals surface area contributed by atoms with Crippen LogP contribution in [0.3, 0.4) is 0 Å². The molecular formula is C42H58N6O6. The molecule has 12 nitrogen and oxygen atoms in total. The van der Waals surface area contributed by atoms with Gasteiger partial charge in [-0.3, -0.25) is 14.6 Å². The number of ether oxygens (including phenoxy) is 4. The van der Waals surface area contributed by atoms with Crippen molar-refractivity contribution in [2.45, 2.75) is 69.6 Å². The van der Waals surface area contributed by atoms with Crippen molar-refractivity contribution in [3.8, 4) is 17.2 Å². The molecule has 7 rings (SSSR count). The Hall–Kier alpha value is -3.94. The third-order valence-corrected chi connectivity index (χ3v) is 11.6. The van der Waals surface area contributed by atoms with E-state index in [1.165, 1.54) is 36.8 Å². The summed E-state index contributed by atoms with van der Waals surface area (Å²) >= 11 is 0. The van der Waals surface area contributed by atoms with Crippen LogP contribution in [0.2, 0.25) is 0 Å². The Labute approximate surface area is 320 Å². The van der Waals surface area contributed by atoms with Crippen molar-refractivity contribution < 1.29 is 28.8 Å². The van der Waals surface area contributed by atoms with Crippen molar-refractivity contribution >= 4 is 17.4 Å². The number of nitrogens with one attached hydrogen (secondary N) is 2. The van der Waals surface area contributed by atoms with Gasteiger partial charge in [0, 0.05) is 70.7 Å². The number of rotatable bonds is 17. The predicted octanol–water partition coefficient (Wildman–Crippen LogP) is 4.63. The number of phenols is 1. The van der Waals surface area contributed by atoms with Gasteiger partial charge in [0.15, 0.2) is 12.4 Å². The normalized spacial score (nSPS) is 18.9. The molecule has 2 saturated heterocycles. The maximum Gasteiger partial charge on any atom is 0.262 e. The number of fused-ring (bicyclic) bond motifs is 1. The molecule has 1 aliphatic carbocycles. The third kappa shape index (κ3) is 10.0. The third-order valence-electron chi connectivity index (χ3n) is 11.6. The minimum absolute atomic E-state index is 0.0246. The van der Waals surface area contributed by atoms with Crippen molar-refractivity contribution in [2.24, 2.45) is 0 Å². The van der Waals surface area contributed by atoms with Crippen molar-refractivity contribution in [2.75, 3.05) is 96.1 Å². The van der Waals surface area contributed by atoms with E-state index in [9.17, 15) is 9.90 Å². The number of carbonyl (C=O) groups is 1. The first-order valence-corrected chi connectivity index (χ1v) is 20.0. The van der Waals surface area contributed by atoms with Crippen LogP contribution in [0.15, 0.2) is 54.7 Å². The first-order valence-electron chi connectivity index (χ1n) is 20.0. The second-order valence-corrected chi connectivity index (χ2v) is 15.2. The highest BCUT2D eigenvalue weighted by atomic mass is 16.5. The number of aromatic hydroxyl groups is 1. The Morgan fingerprint density at radius 2 is 1.87 bits per heavy atom. The summed E-state index contributed by atoms with van der Waals surface area (Å²) in [5, 5.41) is 16.5. The van der Waals surface area contributed by atoms with Crippen LogP contribution in [0, 0.1) is 0 Å². The zero-order valence-corrected chi connectivity index (χ0v) is 31.9. The van der Waals surface area contributed by atoms with E-state index in [-0.39, 0.29) is 23.9 Å². The fourth-order valence-corrected chi connectivity index (χ4v) is 8.51. The van der Waals surface area contributed by atoms with E-state index in [1.54, 1.807) is 13.2 Å². The van der Waals surface area contributed by atoms with E-state index in [0.717, 1.165) is 122 Å². The van der Waals surface area contributed by atoms with Gasteiger partial charge in [0.25, 0.3) is 5.91 Å². The summed E-state index contributed by atoms with van der Waals surface area (Å²) in [7, 11) is 1.70. The van der Waals surface area contributed by atoms with Crippen LogP contribution >= 0.6 is 0 Å². The summed E-state index contributed by atoms with van der Waals surface area (Å²) in [6.45, 7) is 10.5. The topological polar surface area (TPSA) is 121 Å². The first kappa shape index (κ1) is 38.3. The molecule has 3 aromatic rings. The molecule has 1 amide bonds. The lowest BCUT2D eigenvalue weighted by Gasteiger charge is -2.47. The molecule has 0 atom stereocenters. The van der Waals surface area contributed by atoms with Crippen LogP contribution in [0.1, 0.15) is 55.2 Å². The average Bonchev–Trinajstić information content (AvgIpc) is 3.74. The minimum atomic E-state index is -0.247. The lowest BCUT2D eigenvalue weighted by atomic mass is 9.89. The minimum Gasteiger partial charge on any atom is -0.506 e. The highest BCUT2D eigenvalue weighted by molar-refractivity contribution is 5.97. The van der Waals surface area contributed by atoms with Crippen LogP contribution in [0.5, 0.6) is 17.2 Å². The van der Waals surface area contributed by atoms with Gasteiger partial charge in [-0.25, -0.2) is 4.98 Å². The highest BCUT2D eigenvalue weighted by Crippen LogP contribution is 2.39. The summed E-state index contributed by atoms with van der Waals surface area (Å²) in [5.41, 5.74) is 3.93. The number of nitrogens with zero attached hydrogens (tertiary/aromatic N) is 4. The monoisotopic (exact) mass is 742 g/mol. The van der Waals surface area contributed by atoms with E-state index in [0.29, 0.717) is 17.5 Å². The van der Waals surface area contributed by atoms with E-state index in [4.69, 9.17) is 18.9 Å². The Morgan fingerprint density at radius 1 is 1.02 bits per heavy atom.